The van der Waals surface area contributed by atoms with E-state index in [4.69, 9.17) is 0 Å². The molecule has 0 unspecified atom stereocenters. The van der Waals surface area contributed by atoms with Crippen molar-refractivity contribution in [3.05, 3.63) is 29.8 Å². The smallest absolute Gasteiger partial charge is 0.387 e. The standard InChI is InChI=1S/C12H17F2NO/c1-9(2)7-15-8-10-3-5-11(6-4-10)16-12(13)14/h3-6,9,12,15H,7-8H2,1-2H3. The van der Waals surface area contributed by atoms with Crippen LogP contribution in [0, 0.1) is 5.92 Å². The van der Waals surface area contributed by atoms with Crippen molar-refractivity contribution >= 4 is 0 Å². The summed E-state index contributed by atoms with van der Waals surface area (Å²) in [6, 6.07) is 6.67. The zero-order valence-electron chi connectivity index (χ0n) is 9.54. The van der Waals surface area contributed by atoms with Crippen LogP contribution in [0.3, 0.4) is 0 Å². The molecule has 0 saturated carbocycles. The Morgan fingerprint density at radius 1 is 1.19 bits per heavy atom. The van der Waals surface area contributed by atoms with Gasteiger partial charge in [0.05, 0.1) is 0 Å². The molecule has 0 spiro atoms. The number of hydrogen-bond donors (Lipinski definition) is 1. The molecule has 0 amide bonds. The van der Waals surface area contributed by atoms with E-state index in [-0.39, 0.29) is 5.75 Å². The average molecular weight is 229 g/mol. The predicted molar refractivity (Wildman–Crippen MR) is 59.6 cm³/mol. The average Bonchev–Trinajstić information content (AvgIpc) is 2.19. The zero-order valence-corrected chi connectivity index (χ0v) is 9.54. The monoisotopic (exact) mass is 229 g/mol. The molecule has 0 heterocycles. The maximum absolute atomic E-state index is 11.9. The van der Waals surface area contributed by atoms with Crippen LogP contribution in [0.25, 0.3) is 0 Å². The maximum Gasteiger partial charge on any atom is 0.387 e. The third-order valence-electron chi connectivity index (χ3n) is 2.03. The van der Waals surface area contributed by atoms with E-state index in [0.717, 1.165) is 18.7 Å². The van der Waals surface area contributed by atoms with Crippen molar-refractivity contribution in [3.8, 4) is 5.75 Å². The quantitative estimate of drug-likeness (QED) is 0.809. The highest BCUT2D eigenvalue weighted by molar-refractivity contribution is 5.27. The van der Waals surface area contributed by atoms with Crippen LogP contribution in [0.5, 0.6) is 5.75 Å². The van der Waals surface area contributed by atoms with Crippen molar-refractivity contribution in [2.24, 2.45) is 5.92 Å². The lowest BCUT2D eigenvalue weighted by Crippen LogP contribution is -2.18. The molecule has 16 heavy (non-hydrogen) atoms. The number of hydrogen-bond acceptors (Lipinski definition) is 2. The van der Waals surface area contributed by atoms with Crippen LogP contribution in [0.1, 0.15) is 19.4 Å². The minimum Gasteiger partial charge on any atom is -0.435 e. The predicted octanol–water partition coefficient (Wildman–Crippen LogP) is 3.03. The summed E-state index contributed by atoms with van der Waals surface area (Å²) >= 11 is 0. The molecule has 0 aliphatic heterocycles. The first-order chi connectivity index (χ1) is 7.58. The Kier molecular flexibility index (Phi) is 5.19. The summed E-state index contributed by atoms with van der Waals surface area (Å²) in [6.07, 6.45) is 0. The van der Waals surface area contributed by atoms with E-state index in [9.17, 15) is 8.78 Å². The summed E-state index contributed by atoms with van der Waals surface area (Å²) in [7, 11) is 0. The maximum atomic E-state index is 11.9. The minimum absolute atomic E-state index is 0.197. The highest BCUT2D eigenvalue weighted by Gasteiger charge is 2.03. The topological polar surface area (TPSA) is 21.3 Å². The Bertz CT molecular complexity index is 298. The van der Waals surface area contributed by atoms with E-state index in [0.29, 0.717) is 5.92 Å². The Morgan fingerprint density at radius 3 is 2.31 bits per heavy atom. The largest absolute Gasteiger partial charge is 0.435 e. The van der Waals surface area contributed by atoms with Crippen molar-refractivity contribution in [1.82, 2.24) is 5.32 Å². The molecular weight excluding hydrogens is 212 g/mol. The molecule has 1 rings (SSSR count). The third kappa shape index (κ3) is 5.07. The van der Waals surface area contributed by atoms with Gasteiger partial charge in [-0.1, -0.05) is 26.0 Å². The Balaban J connectivity index is 2.39. The van der Waals surface area contributed by atoms with E-state index in [2.05, 4.69) is 23.9 Å². The molecule has 0 aliphatic rings. The number of alkyl halides is 2. The SMILES string of the molecule is CC(C)CNCc1ccc(OC(F)F)cc1. The Labute approximate surface area is 94.6 Å². The highest BCUT2D eigenvalue weighted by Crippen LogP contribution is 2.14. The van der Waals surface area contributed by atoms with Crippen molar-refractivity contribution < 1.29 is 13.5 Å². The number of ether oxygens (including phenoxy) is 1. The molecule has 0 saturated heterocycles. The zero-order chi connectivity index (χ0) is 12.0. The summed E-state index contributed by atoms with van der Waals surface area (Å²) < 4.78 is 28.0. The van der Waals surface area contributed by atoms with E-state index in [1.807, 2.05) is 0 Å². The minimum atomic E-state index is -2.76. The second-order valence-electron chi connectivity index (χ2n) is 4.05. The molecule has 2 nitrogen and oxygen atoms in total. The van der Waals surface area contributed by atoms with Gasteiger partial charge in [0, 0.05) is 6.54 Å². The van der Waals surface area contributed by atoms with Crippen LogP contribution in [-0.2, 0) is 6.54 Å². The number of nitrogens with one attached hydrogen (secondary N) is 1. The fourth-order valence-electron chi connectivity index (χ4n) is 1.29. The van der Waals surface area contributed by atoms with Gasteiger partial charge in [0.1, 0.15) is 5.75 Å². The fraction of sp³-hybridized carbons (Fsp3) is 0.500. The molecular formula is C12H17F2NO. The van der Waals surface area contributed by atoms with Gasteiger partial charge in [0.15, 0.2) is 0 Å². The van der Waals surface area contributed by atoms with Gasteiger partial charge in [0.2, 0.25) is 0 Å². The molecule has 0 aromatic heterocycles. The van der Waals surface area contributed by atoms with E-state index >= 15 is 0 Å². The molecule has 1 aromatic carbocycles. The van der Waals surface area contributed by atoms with Crippen molar-refractivity contribution in [2.75, 3.05) is 6.54 Å². The van der Waals surface area contributed by atoms with Crippen LogP contribution in [0.15, 0.2) is 24.3 Å². The van der Waals surface area contributed by atoms with Crippen LogP contribution in [-0.4, -0.2) is 13.2 Å². The molecule has 0 bridgehead atoms. The van der Waals surface area contributed by atoms with E-state index in [1.165, 1.54) is 0 Å². The van der Waals surface area contributed by atoms with Crippen LogP contribution in [0.4, 0.5) is 8.78 Å². The molecule has 0 fully saturated rings. The fourth-order valence-corrected chi connectivity index (χ4v) is 1.29. The number of rotatable bonds is 6. The summed E-state index contributed by atoms with van der Waals surface area (Å²) in [5.74, 6) is 0.795. The highest BCUT2D eigenvalue weighted by atomic mass is 19.3. The normalized spacial score (nSPS) is 11.1. The van der Waals surface area contributed by atoms with Gasteiger partial charge in [-0.2, -0.15) is 8.78 Å². The molecule has 1 N–H and O–H groups in total. The lowest BCUT2D eigenvalue weighted by atomic mass is 10.2. The first kappa shape index (κ1) is 12.9. The van der Waals surface area contributed by atoms with Gasteiger partial charge < -0.3 is 10.1 Å². The molecule has 1 aromatic rings. The molecule has 0 aliphatic carbocycles. The lowest BCUT2D eigenvalue weighted by molar-refractivity contribution is -0.0498. The van der Waals surface area contributed by atoms with Gasteiger partial charge in [-0.3, -0.25) is 0 Å². The second kappa shape index (κ2) is 6.43. The Morgan fingerprint density at radius 2 is 1.81 bits per heavy atom. The summed E-state index contributed by atoms with van der Waals surface area (Å²) in [5.41, 5.74) is 1.06. The van der Waals surface area contributed by atoms with Crippen molar-refractivity contribution in [2.45, 2.75) is 27.0 Å². The van der Waals surface area contributed by atoms with E-state index < -0.39 is 6.61 Å². The van der Waals surface area contributed by atoms with Crippen LogP contribution < -0.4 is 10.1 Å². The number of benzene rings is 1. The number of halogens is 2. The summed E-state index contributed by atoms with van der Waals surface area (Å²) in [6.45, 7) is 3.19. The van der Waals surface area contributed by atoms with E-state index in [1.54, 1.807) is 24.3 Å². The Hall–Kier alpha value is -1.16. The molecule has 4 heteroatoms. The van der Waals surface area contributed by atoms with Crippen molar-refractivity contribution in [1.29, 1.82) is 0 Å². The lowest BCUT2D eigenvalue weighted by Gasteiger charge is -2.08. The summed E-state index contributed by atoms with van der Waals surface area (Å²) in [5, 5.41) is 3.27. The molecule has 90 valence electrons. The van der Waals surface area contributed by atoms with Gasteiger partial charge in [-0.05, 0) is 30.2 Å². The third-order valence-corrected chi connectivity index (χ3v) is 2.03. The molecule has 0 radical (unpaired) electrons. The van der Waals surface area contributed by atoms with Gasteiger partial charge in [-0.25, -0.2) is 0 Å². The van der Waals surface area contributed by atoms with Crippen molar-refractivity contribution in [3.63, 3.8) is 0 Å². The first-order valence-corrected chi connectivity index (χ1v) is 5.32. The molecule has 0 atom stereocenters. The summed E-state index contributed by atoms with van der Waals surface area (Å²) in [4.78, 5) is 0. The van der Waals surface area contributed by atoms with Gasteiger partial charge in [0.25, 0.3) is 0 Å². The van der Waals surface area contributed by atoms with Gasteiger partial charge in [-0.15, -0.1) is 0 Å². The second-order valence-corrected chi connectivity index (χ2v) is 4.05. The van der Waals surface area contributed by atoms with Crippen LogP contribution in [0.2, 0.25) is 0 Å². The first-order valence-electron chi connectivity index (χ1n) is 5.32. The van der Waals surface area contributed by atoms with Crippen LogP contribution >= 0.6 is 0 Å². The van der Waals surface area contributed by atoms with Gasteiger partial charge >= 0.3 is 6.61 Å².